The molecule has 0 nitrogen and oxygen atoms in total. The zero-order valence-electron chi connectivity index (χ0n) is 7.60. The van der Waals surface area contributed by atoms with Gasteiger partial charge in [-0.15, -0.1) is 0 Å². The minimum absolute atomic E-state index is 0.287. The fraction of sp³-hybridized carbons (Fsp3) is 0. The molecule has 2 aromatic rings. The summed E-state index contributed by atoms with van der Waals surface area (Å²) in [5.41, 5.74) is 0.823. The summed E-state index contributed by atoms with van der Waals surface area (Å²) in [4.78, 5) is 0. The van der Waals surface area contributed by atoms with Gasteiger partial charge in [0.15, 0.2) is 0 Å². The van der Waals surface area contributed by atoms with Crippen LogP contribution < -0.4 is 0 Å². The third kappa shape index (κ3) is 2.00. The summed E-state index contributed by atoms with van der Waals surface area (Å²) in [5.74, 6) is -1.22. The van der Waals surface area contributed by atoms with Gasteiger partial charge in [-0.1, -0.05) is 23.7 Å². The molecule has 0 unspecified atom stereocenters. The maximum Gasteiger partial charge on any atom is 0.133 e. The van der Waals surface area contributed by atoms with E-state index >= 15 is 0 Å². The van der Waals surface area contributed by atoms with Crippen molar-refractivity contribution in [3.8, 4) is 11.1 Å². The van der Waals surface area contributed by atoms with Crippen molar-refractivity contribution in [2.75, 3.05) is 0 Å². The van der Waals surface area contributed by atoms with E-state index in [1.165, 1.54) is 12.1 Å². The molecule has 0 saturated heterocycles. The highest BCUT2D eigenvalue weighted by molar-refractivity contribution is 6.33. The molecular weight excluding hydrogens is 218 g/mol. The Kier molecular flexibility index (Phi) is 2.69. The molecule has 0 N–H and O–H groups in total. The van der Waals surface area contributed by atoms with Crippen molar-refractivity contribution in [2.45, 2.75) is 0 Å². The standard InChI is InChI=1S/C12H6ClF2/c13-11-4-2-1-3-9(11)10-6-5-8(14)7-12(10)15/h1,3-7H. The highest BCUT2D eigenvalue weighted by Crippen LogP contribution is 2.29. The SMILES string of the molecule is Fc1ccc(-c2cc[c]cc2Cl)c(F)c1. The highest BCUT2D eigenvalue weighted by atomic mass is 35.5. The Morgan fingerprint density at radius 2 is 1.87 bits per heavy atom. The van der Waals surface area contributed by atoms with Crippen LogP contribution in [0, 0.1) is 17.7 Å². The smallest absolute Gasteiger partial charge is 0.133 e. The largest absolute Gasteiger partial charge is 0.207 e. The van der Waals surface area contributed by atoms with Crippen LogP contribution in [0.15, 0.2) is 36.4 Å². The molecule has 0 aliphatic heterocycles. The normalized spacial score (nSPS) is 10.3. The summed E-state index contributed by atoms with van der Waals surface area (Å²) >= 11 is 5.88. The van der Waals surface area contributed by atoms with E-state index in [-0.39, 0.29) is 5.56 Å². The molecule has 0 bridgehead atoms. The molecule has 75 valence electrons. The maximum absolute atomic E-state index is 13.4. The van der Waals surface area contributed by atoms with Crippen molar-refractivity contribution in [3.05, 3.63) is 59.1 Å². The fourth-order valence-corrected chi connectivity index (χ4v) is 1.56. The van der Waals surface area contributed by atoms with E-state index in [9.17, 15) is 8.78 Å². The van der Waals surface area contributed by atoms with Crippen LogP contribution in [-0.2, 0) is 0 Å². The Labute approximate surface area is 91.1 Å². The lowest BCUT2D eigenvalue weighted by molar-refractivity contribution is 0.585. The lowest BCUT2D eigenvalue weighted by atomic mass is 10.1. The molecule has 3 heteroatoms. The molecule has 0 aliphatic carbocycles. The van der Waals surface area contributed by atoms with Gasteiger partial charge in [0.25, 0.3) is 0 Å². The first-order valence-corrected chi connectivity index (χ1v) is 4.67. The number of halogens is 3. The zero-order chi connectivity index (χ0) is 10.8. The summed E-state index contributed by atoms with van der Waals surface area (Å²) in [6.45, 7) is 0. The average Bonchev–Trinajstić information content (AvgIpc) is 2.20. The lowest BCUT2D eigenvalue weighted by Gasteiger charge is -2.05. The lowest BCUT2D eigenvalue weighted by Crippen LogP contribution is -1.86. The molecule has 2 rings (SSSR count). The van der Waals surface area contributed by atoms with Crippen LogP contribution in [0.2, 0.25) is 5.02 Å². The summed E-state index contributed by atoms with van der Waals surface area (Å²) < 4.78 is 26.1. The number of hydrogen-bond acceptors (Lipinski definition) is 0. The van der Waals surface area contributed by atoms with Gasteiger partial charge in [0.1, 0.15) is 11.6 Å². The van der Waals surface area contributed by atoms with Crippen molar-refractivity contribution in [2.24, 2.45) is 0 Å². The average molecular weight is 224 g/mol. The molecule has 0 aromatic heterocycles. The van der Waals surface area contributed by atoms with Crippen molar-refractivity contribution in [3.63, 3.8) is 0 Å². The molecule has 1 radical (unpaired) electrons. The van der Waals surface area contributed by atoms with Gasteiger partial charge < -0.3 is 0 Å². The second-order valence-electron chi connectivity index (χ2n) is 3.03. The molecule has 0 heterocycles. The maximum atomic E-state index is 13.4. The molecule has 0 aliphatic rings. The number of benzene rings is 2. The molecule has 0 spiro atoms. The first-order valence-electron chi connectivity index (χ1n) is 4.29. The Morgan fingerprint density at radius 1 is 1.07 bits per heavy atom. The van der Waals surface area contributed by atoms with Gasteiger partial charge in [0.2, 0.25) is 0 Å². The van der Waals surface area contributed by atoms with Crippen LogP contribution in [-0.4, -0.2) is 0 Å². The van der Waals surface area contributed by atoms with Gasteiger partial charge in [-0.2, -0.15) is 0 Å². The van der Waals surface area contributed by atoms with Crippen LogP contribution in [0.1, 0.15) is 0 Å². The monoisotopic (exact) mass is 223 g/mol. The Bertz CT molecular complexity index is 495. The van der Waals surface area contributed by atoms with E-state index in [1.807, 2.05) is 0 Å². The minimum Gasteiger partial charge on any atom is -0.207 e. The quantitative estimate of drug-likeness (QED) is 0.683. The summed E-state index contributed by atoms with van der Waals surface area (Å²) in [7, 11) is 0. The van der Waals surface area contributed by atoms with Gasteiger partial charge in [-0.3, -0.25) is 0 Å². The summed E-state index contributed by atoms with van der Waals surface area (Å²) in [6, 6.07) is 11.0. The van der Waals surface area contributed by atoms with Crippen molar-refractivity contribution in [1.29, 1.82) is 0 Å². The second-order valence-corrected chi connectivity index (χ2v) is 3.44. The topological polar surface area (TPSA) is 0 Å². The van der Waals surface area contributed by atoms with Gasteiger partial charge in [0, 0.05) is 22.2 Å². The van der Waals surface area contributed by atoms with Crippen LogP contribution in [0.4, 0.5) is 8.78 Å². The van der Waals surface area contributed by atoms with Crippen LogP contribution >= 0.6 is 11.6 Å². The minimum atomic E-state index is -0.622. The molecular formula is C12H6ClF2. The predicted molar refractivity (Wildman–Crippen MR) is 55.6 cm³/mol. The third-order valence-electron chi connectivity index (χ3n) is 2.03. The third-order valence-corrected chi connectivity index (χ3v) is 2.35. The molecule has 0 amide bonds. The molecule has 2 aromatic carbocycles. The van der Waals surface area contributed by atoms with Gasteiger partial charge in [0.05, 0.1) is 0 Å². The van der Waals surface area contributed by atoms with E-state index in [1.54, 1.807) is 18.2 Å². The summed E-state index contributed by atoms with van der Waals surface area (Å²) in [5, 5.41) is 0.392. The Hall–Kier alpha value is -1.41. The predicted octanol–water partition coefficient (Wildman–Crippen LogP) is 4.09. The van der Waals surface area contributed by atoms with Gasteiger partial charge in [-0.05, 0) is 24.3 Å². The van der Waals surface area contributed by atoms with Gasteiger partial charge >= 0.3 is 0 Å². The number of rotatable bonds is 1. The van der Waals surface area contributed by atoms with Crippen LogP contribution in [0.5, 0.6) is 0 Å². The molecule has 0 saturated carbocycles. The molecule has 0 fully saturated rings. The van der Waals surface area contributed by atoms with Crippen molar-refractivity contribution >= 4 is 11.6 Å². The highest BCUT2D eigenvalue weighted by Gasteiger charge is 2.08. The Morgan fingerprint density at radius 3 is 2.53 bits per heavy atom. The van der Waals surface area contributed by atoms with E-state index in [4.69, 9.17) is 11.6 Å². The van der Waals surface area contributed by atoms with E-state index in [0.717, 1.165) is 6.07 Å². The fourth-order valence-electron chi connectivity index (χ4n) is 1.34. The van der Waals surface area contributed by atoms with Gasteiger partial charge in [-0.25, -0.2) is 8.78 Å². The zero-order valence-corrected chi connectivity index (χ0v) is 8.35. The van der Waals surface area contributed by atoms with E-state index in [0.29, 0.717) is 10.6 Å². The van der Waals surface area contributed by atoms with Crippen LogP contribution in [0.25, 0.3) is 11.1 Å². The van der Waals surface area contributed by atoms with Crippen molar-refractivity contribution in [1.82, 2.24) is 0 Å². The van der Waals surface area contributed by atoms with Crippen LogP contribution in [0.3, 0.4) is 0 Å². The van der Waals surface area contributed by atoms with E-state index in [2.05, 4.69) is 6.07 Å². The Balaban J connectivity index is 2.60. The molecule has 15 heavy (non-hydrogen) atoms. The molecule has 0 atom stereocenters. The number of hydrogen-bond donors (Lipinski definition) is 0. The van der Waals surface area contributed by atoms with E-state index < -0.39 is 11.6 Å². The summed E-state index contributed by atoms with van der Waals surface area (Å²) in [6.07, 6.45) is 0. The second kappa shape index (κ2) is 3.99. The first-order chi connectivity index (χ1) is 7.18. The van der Waals surface area contributed by atoms with Crippen molar-refractivity contribution < 1.29 is 8.78 Å². The first kappa shape index (κ1) is 10.1.